The molecule has 2 aromatic rings. The van der Waals surface area contributed by atoms with Crippen LogP contribution in [0.3, 0.4) is 0 Å². The molecule has 0 bridgehead atoms. The normalized spacial score (nSPS) is 23.3. The largest absolute Gasteiger partial charge is 0.387 e. The molecule has 1 unspecified atom stereocenters. The molecule has 1 aliphatic rings. The fourth-order valence-corrected chi connectivity index (χ4v) is 2.55. The zero-order chi connectivity index (χ0) is 13.3. The van der Waals surface area contributed by atoms with Crippen molar-refractivity contribution in [3.8, 4) is 0 Å². The summed E-state index contributed by atoms with van der Waals surface area (Å²) in [5, 5.41) is 16.7. The number of hydrogen-bond donors (Lipinski definition) is 3. The van der Waals surface area contributed by atoms with Gasteiger partial charge < -0.3 is 20.1 Å². The van der Waals surface area contributed by atoms with E-state index in [4.69, 9.17) is 0 Å². The second kappa shape index (κ2) is 4.92. The van der Waals surface area contributed by atoms with Gasteiger partial charge in [-0.1, -0.05) is 6.07 Å². The van der Waals surface area contributed by atoms with E-state index in [0.717, 1.165) is 24.3 Å². The monoisotopic (exact) mass is 260 g/mol. The predicted molar refractivity (Wildman–Crippen MR) is 74.1 cm³/mol. The number of fused-ring (bicyclic) bond motifs is 1. The molecule has 0 aliphatic carbocycles. The van der Waals surface area contributed by atoms with E-state index in [-0.39, 0.29) is 0 Å². The highest BCUT2D eigenvalue weighted by Crippen LogP contribution is 2.13. The molecule has 0 radical (unpaired) electrons. The number of aromatic nitrogens is 2. The summed E-state index contributed by atoms with van der Waals surface area (Å²) in [6.07, 6.45) is 4.91. The van der Waals surface area contributed by atoms with Crippen LogP contribution < -0.4 is 10.6 Å². The molecule has 19 heavy (non-hydrogen) atoms. The Bertz CT molecular complexity index is 572. The van der Waals surface area contributed by atoms with Crippen molar-refractivity contribution in [3.63, 3.8) is 0 Å². The van der Waals surface area contributed by atoms with Crippen LogP contribution in [0.15, 0.2) is 24.5 Å². The van der Waals surface area contributed by atoms with E-state index < -0.39 is 5.60 Å². The third-order valence-corrected chi connectivity index (χ3v) is 3.63. The molecule has 5 nitrogen and oxygen atoms in total. The van der Waals surface area contributed by atoms with Crippen molar-refractivity contribution in [2.24, 2.45) is 0 Å². The third kappa shape index (κ3) is 2.78. The molecule has 5 heteroatoms. The number of nitrogens with zero attached hydrogens (tertiary/aromatic N) is 2. The smallest absolute Gasteiger partial charge is 0.137 e. The molecule has 3 N–H and O–H groups in total. The molecule has 3 rings (SSSR count). The minimum Gasteiger partial charge on any atom is -0.387 e. The van der Waals surface area contributed by atoms with Gasteiger partial charge in [0.05, 0.1) is 11.3 Å². The lowest BCUT2D eigenvalue weighted by atomic mass is 10.0. The molecule has 3 heterocycles. The molecule has 1 atom stereocenters. The van der Waals surface area contributed by atoms with Crippen molar-refractivity contribution in [2.45, 2.75) is 25.5 Å². The van der Waals surface area contributed by atoms with Crippen molar-refractivity contribution in [2.75, 3.05) is 19.6 Å². The van der Waals surface area contributed by atoms with Gasteiger partial charge in [0.15, 0.2) is 0 Å². The number of pyridine rings is 1. The van der Waals surface area contributed by atoms with E-state index in [1.165, 1.54) is 5.56 Å². The first-order chi connectivity index (χ1) is 9.15. The molecule has 2 aromatic heterocycles. The number of nitrogens with one attached hydrogen (secondary N) is 2. The zero-order valence-electron chi connectivity index (χ0n) is 11.2. The molecule has 102 valence electrons. The molecular weight excluding hydrogens is 240 g/mol. The van der Waals surface area contributed by atoms with Crippen LogP contribution >= 0.6 is 0 Å². The molecule has 1 saturated heterocycles. The van der Waals surface area contributed by atoms with Crippen molar-refractivity contribution < 1.29 is 5.11 Å². The number of rotatable bonds is 4. The fraction of sp³-hybridized carbons (Fsp3) is 0.500. The minimum atomic E-state index is -0.601. The first-order valence-electron chi connectivity index (χ1n) is 6.73. The van der Waals surface area contributed by atoms with Crippen LogP contribution in [0, 0.1) is 6.92 Å². The van der Waals surface area contributed by atoms with Gasteiger partial charge in [0.25, 0.3) is 0 Å². The topological polar surface area (TPSA) is 61.6 Å². The Morgan fingerprint density at radius 1 is 1.47 bits per heavy atom. The quantitative estimate of drug-likeness (QED) is 0.747. The van der Waals surface area contributed by atoms with Crippen LogP contribution in [-0.2, 0) is 6.54 Å². The molecule has 1 fully saturated rings. The Morgan fingerprint density at radius 3 is 3.16 bits per heavy atom. The molecule has 0 amide bonds. The van der Waals surface area contributed by atoms with E-state index >= 15 is 0 Å². The van der Waals surface area contributed by atoms with Crippen LogP contribution in [0.25, 0.3) is 5.65 Å². The third-order valence-electron chi connectivity index (χ3n) is 3.63. The highest BCUT2D eigenvalue weighted by molar-refractivity contribution is 5.41. The van der Waals surface area contributed by atoms with Gasteiger partial charge in [-0.25, -0.2) is 4.98 Å². The summed E-state index contributed by atoms with van der Waals surface area (Å²) in [4.78, 5) is 4.54. The summed E-state index contributed by atoms with van der Waals surface area (Å²) < 4.78 is 2.04. The number of β-amino-alcohol motifs (C(OH)–C–C–N with tert-alkyl or cyclic N) is 1. The van der Waals surface area contributed by atoms with E-state index in [2.05, 4.69) is 34.8 Å². The van der Waals surface area contributed by atoms with Gasteiger partial charge in [-0.2, -0.15) is 0 Å². The van der Waals surface area contributed by atoms with E-state index in [0.29, 0.717) is 19.6 Å². The Kier molecular flexibility index (Phi) is 3.26. The molecule has 0 saturated carbocycles. The standard InChI is InChI=1S/C14H20N4O/c1-11-2-3-13-17-12(8-18(13)7-11)6-16-10-14(19)4-5-15-9-14/h2-3,7-8,15-16,19H,4-6,9-10H2,1H3. The van der Waals surface area contributed by atoms with Crippen molar-refractivity contribution in [1.29, 1.82) is 0 Å². The SMILES string of the molecule is Cc1ccc2nc(CNCC3(O)CCNC3)cn2c1. The van der Waals surface area contributed by atoms with E-state index in [1.54, 1.807) is 0 Å². The summed E-state index contributed by atoms with van der Waals surface area (Å²) in [5.74, 6) is 0. The van der Waals surface area contributed by atoms with Gasteiger partial charge in [0, 0.05) is 32.0 Å². The first-order valence-corrected chi connectivity index (χ1v) is 6.73. The second-order valence-electron chi connectivity index (χ2n) is 5.46. The fourth-order valence-electron chi connectivity index (χ4n) is 2.55. The van der Waals surface area contributed by atoms with Gasteiger partial charge in [-0.3, -0.25) is 0 Å². The predicted octanol–water partition coefficient (Wildman–Crippen LogP) is 0.457. The van der Waals surface area contributed by atoms with Crippen LogP contribution in [-0.4, -0.2) is 39.7 Å². The lowest BCUT2D eigenvalue weighted by Crippen LogP contribution is -2.42. The number of aryl methyl sites for hydroxylation is 1. The second-order valence-corrected chi connectivity index (χ2v) is 5.46. The summed E-state index contributed by atoms with van der Waals surface area (Å²) in [7, 11) is 0. The lowest BCUT2D eigenvalue weighted by Gasteiger charge is -2.21. The van der Waals surface area contributed by atoms with E-state index in [1.807, 2.05) is 16.7 Å². The van der Waals surface area contributed by atoms with Crippen molar-refractivity contribution in [1.82, 2.24) is 20.0 Å². The zero-order valence-corrected chi connectivity index (χ0v) is 11.2. The van der Waals surface area contributed by atoms with Crippen molar-refractivity contribution in [3.05, 3.63) is 35.8 Å². The van der Waals surface area contributed by atoms with Gasteiger partial charge in [-0.05, 0) is 31.5 Å². The van der Waals surface area contributed by atoms with Crippen LogP contribution in [0.2, 0.25) is 0 Å². The Morgan fingerprint density at radius 2 is 2.37 bits per heavy atom. The van der Waals surface area contributed by atoms with Gasteiger partial charge in [0.2, 0.25) is 0 Å². The number of aliphatic hydroxyl groups is 1. The molecule has 0 aromatic carbocycles. The minimum absolute atomic E-state index is 0.601. The summed E-state index contributed by atoms with van der Waals surface area (Å²) in [6, 6.07) is 4.08. The maximum Gasteiger partial charge on any atom is 0.137 e. The summed E-state index contributed by atoms with van der Waals surface area (Å²) in [5.41, 5.74) is 2.58. The summed E-state index contributed by atoms with van der Waals surface area (Å²) in [6.45, 7) is 4.92. The van der Waals surface area contributed by atoms with Crippen LogP contribution in [0.5, 0.6) is 0 Å². The highest BCUT2D eigenvalue weighted by Gasteiger charge is 2.30. The average molecular weight is 260 g/mol. The maximum atomic E-state index is 10.2. The Hall–Kier alpha value is -1.43. The van der Waals surface area contributed by atoms with Gasteiger partial charge in [0.1, 0.15) is 5.65 Å². The Balaban J connectivity index is 1.62. The van der Waals surface area contributed by atoms with E-state index in [9.17, 15) is 5.11 Å². The Labute approximate surface area is 112 Å². The number of imidazole rings is 1. The maximum absolute atomic E-state index is 10.2. The number of hydrogen-bond acceptors (Lipinski definition) is 4. The lowest BCUT2D eigenvalue weighted by molar-refractivity contribution is 0.0608. The molecule has 1 aliphatic heterocycles. The van der Waals surface area contributed by atoms with Gasteiger partial charge >= 0.3 is 0 Å². The first kappa shape index (κ1) is 12.6. The van der Waals surface area contributed by atoms with Crippen LogP contribution in [0.4, 0.5) is 0 Å². The molecule has 0 spiro atoms. The van der Waals surface area contributed by atoms with Gasteiger partial charge in [-0.15, -0.1) is 0 Å². The highest BCUT2D eigenvalue weighted by atomic mass is 16.3. The average Bonchev–Trinajstić information content (AvgIpc) is 2.95. The summed E-state index contributed by atoms with van der Waals surface area (Å²) >= 11 is 0. The van der Waals surface area contributed by atoms with Crippen LogP contribution in [0.1, 0.15) is 17.7 Å². The molecular formula is C14H20N4O. The van der Waals surface area contributed by atoms with Crippen molar-refractivity contribution >= 4 is 5.65 Å².